The van der Waals surface area contributed by atoms with Gasteiger partial charge in [-0.15, -0.1) is 0 Å². The third kappa shape index (κ3) is 1.37. The first-order chi connectivity index (χ1) is 4.36. The van der Waals surface area contributed by atoms with Crippen LogP contribution in [-0.4, -0.2) is 12.7 Å². The molecule has 2 nitrogen and oxygen atoms in total. The van der Waals surface area contributed by atoms with E-state index >= 15 is 0 Å². The van der Waals surface area contributed by atoms with E-state index < -0.39 is 0 Å². The Labute approximate surface area is 55.5 Å². The Kier molecular flexibility index (Phi) is 1.98. The Balaban J connectivity index is 2.38. The maximum Gasteiger partial charge on any atom is 0.275 e. The largest absolute Gasteiger partial charge is 0.462 e. The van der Waals surface area contributed by atoms with Crippen LogP contribution in [0.2, 0.25) is 0 Å². The summed E-state index contributed by atoms with van der Waals surface area (Å²) >= 11 is 0. The Bertz CT molecular complexity index is 118. The van der Waals surface area contributed by atoms with Gasteiger partial charge in [0.2, 0.25) is 0 Å². The second kappa shape index (κ2) is 2.76. The van der Waals surface area contributed by atoms with Gasteiger partial charge in [-0.1, -0.05) is 6.92 Å². The second-order valence-electron chi connectivity index (χ2n) is 2.07. The highest BCUT2D eigenvalue weighted by atomic mass is 16.7. The van der Waals surface area contributed by atoms with Gasteiger partial charge in [0.25, 0.3) is 5.95 Å². The maximum atomic E-state index is 5.30. The number of hydrogen-bond acceptors (Lipinski definition) is 2. The SMILES string of the molecule is CC=C1OCC(CC)O1. The minimum Gasteiger partial charge on any atom is -0.462 e. The van der Waals surface area contributed by atoms with Gasteiger partial charge in [-0.2, -0.15) is 0 Å². The van der Waals surface area contributed by atoms with Crippen molar-refractivity contribution in [3.8, 4) is 0 Å². The van der Waals surface area contributed by atoms with Crippen LogP contribution in [0.3, 0.4) is 0 Å². The smallest absolute Gasteiger partial charge is 0.275 e. The van der Waals surface area contributed by atoms with Crippen LogP contribution in [0.25, 0.3) is 0 Å². The summed E-state index contributed by atoms with van der Waals surface area (Å²) in [5.74, 6) is 0.682. The highest BCUT2D eigenvalue weighted by Gasteiger charge is 2.18. The lowest BCUT2D eigenvalue weighted by molar-refractivity contribution is 0.139. The standard InChI is InChI=1S/C7H12O2/c1-3-6-5-8-7(4-2)9-6/h4,6H,3,5H2,1-2H3. The fraction of sp³-hybridized carbons (Fsp3) is 0.714. The number of allylic oxidation sites excluding steroid dienone is 1. The van der Waals surface area contributed by atoms with Crippen LogP contribution in [0.5, 0.6) is 0 Å². The summed E-state index contributed by atoms with van der Waals surface area (Å²) in [6.45, 7) is 4.72. The highest BCUT2D eigenvalue weighted by molar-refractivity contribution is 4.85. The van der Waals surface area contributed by atoms with Crippen molar-refractivity contribution < 1.29 is 9.47 Å². The van der Waals surface area contributed by atoms with Crippen molar-refractivity contribution in [1.82, 2.24) is 0 Å². The lowest BCUT2D eigenvalue weighted by Crippen LogP contribution is -2.05. The molecule has 1 aliphatic heterocycles. The van der Waals surface area contributed by atoms with Crippen molar-refractivity contribution in [3.05, 3.63) is 12.0 Å². The van der Waals surface area contributed by atoms with Crippen molar-refractivity contribution in [2.45, 2.75) is 26.4 Å². The lowest BCUT2D eigenvalue weighted by Gasteiger charge is -2.00. The van der Waals surface area contributed by atoms with Gasteiger partial charge in [-0.25, -0.2) is 0 Å². The van der Waals surface area contributed by atoms with E-state index in [2.05, 4.69) is 6.92 Å². The van der Waals surface area contributed by atoms with Crippen LogP contribution in [0.15, 0.2) is 12.0 Å². The summed E-state index contributed by atoms with van der Waals surface area (Å²) in [6.07, 6.45) is 3.16. The number of rotatable bonds is 1. The number of hydrogen-bond donors (Lipinski definition) is 0. The molecule has 1 atom stereocenters. The maximum absolute atomic E-state index is 5.30. The van der Waals surface area contributed by atoms with Gasteiger partial charge in [0, 0.05) is 0 Å². The first kappa shape index (κ1) is 6.46. The summed E-state index contributed by atoms with van der Waals surface area (Å²) in [4.78, 5) is 0. The van der Waals surface area contributed by atoms with Gasteiger partial charge in [0.1, 0.15) is 12.7 Å². The van der Waals surface area contributed by atoms with Crippen LogP contribution in [0, 0.1) is 0 Å². The molecule has 0 aromatic rings. The molecular weight excluding hydrogens is 116 g/mol. The van der Waals surface area contributed by atoms with Gasteiger partial charge >= 0.3 is 0 Å². The molecule has 0 N–H and O–H groups in total. The van der Waals surface area contributed by atoms with Crippen molar-refractivity contribution in [2.75, 3.05) is 6.61 Å². The predicted octanol–water partition coefficient (Wildman–Crippen LogP) is 1.67. The fourth-order valence-corrected chi connectivity index (χ4v) is 0.760. The average Bonchev–Trinajstić information content (AvgIpc) is 2.34. The van der Waals surface area contributed by atoms with Crippen LogP contribution in [-0.2, 0) is 9.47 Å². The molecule has 0 spiro atoms. The molecule has 9 heavy (non-hydrogen) atoms. The molecule has 0 aliphatic carbocycles. The molecule has 0 aromatic heterocycles. The van der Waals surface area contributed by atoms with Gasteiger partial charge in [-0.05, 0) is 19.4 Å². The summed E-state index contributed by atoms with van der Waals surface area (Å²) in [5.41, 5.74) is 0. The van der Waals surface area contributed by atoms with Crippen LogP contribution < -0.4 is 0 Å². The monoisotopic (exact) mass is 128 g/mol. The lowest BCUT2D eigenvalue weighted by atomic mass is 10.3. The summed E-state index contributed by atoms with van der Waals surface area (Å²) in [6, 6.07) is 0. The molecule has 1 unspecified atom stereocenters. The predicted molar refractivity (Wildman–Crippen MR) is 34.9 cm³/mol. The normalized spacial score (nSPS) is 30.0. The molecule has 0 aromatic carbocycles. The molecule has 1 aliphatic rings. The van der Waals surface area contributed by atoms with Gasteiger partial charge in [0.05, 0.1) is 0 Å². The zero-order valence-electron chi connectivity index (χ0n) is 5.89. The molecule has 0 amide bonds. The van der Waals surface area contributed by atoms with Crippen LogP contribution >= 0.6 is 0 Å². The van der Waals surface area contributed by atoms with E-state index in [9.17, 15) is 0 Å². The highest BCUT2D eigenvalue weighted by Crippen LogP contribution is 2.16. The summed E-state index contributed by atoms with van der Waals surface area (Å²) in [5, 5.41) is 0. The van der Waals surface area contributed by atoms with Crippen molar-refractivity contribution in [1.29, 1.82) is 0 Å². The Hall–Kier alpha value is -0.660. The third-order valence-electron chi connectivity index (χ3n) is 1.39. The first-order valence-corrected chi connectivity index (χ1v) is 3.32. The van der Waals surface area contributed by atoms with Crippen LogP contribution in [0.4, 0.5) is 0 Å². The topological polar surface area (TPSA) is 18.5 Å². The molecule has 1 saturated heterocycles. The minimum atomic E-state index is 0.288. The van der Waals surface area contributed by atoms with Crippen molar-refractivity contribution >= 4 is 0 Å². The van der Waals surface area contributed by atoms with E-state index in [4.69, 9.17) is 9.47 Å². The zero-order valence-corrected chi connectivity index (χ0v) is 5.89. The van der Waals surface area contributed by atoms with Gasteiger partial charge in [-0.3, -0.25) is 0 Å². The van der Waals surface area contributed by atoms with Gasteiger partial charge in [0.15, 0.2) is 0 Å². The van der Waals surface area contributed by atoms with E-state index in [1.165, 1.54) is 0 Å². The molecule has 1 fully saturated rings. The third-order valence-corrected chi connectivity index (χ3v) is 1.39. The van der Waals surface area contributed by atoms with E-state index in [1.54, 1.807) is 0 Å². The molecule has 2 heteroatoms. The minimum absolute atomic E-state index is 0.288. The van der Waals surface area contributed by atoms with Crippen LogP contribution in [0.1, 0.15) is 20.3 Å². The molecular formula is C7H12O2. The molecule has 52 valence electrons. The van der Waals surface area contributed by atoms with Crippen molar-refractivity contribution in [3.63, 3.8) is 0 Å². The summed E-state index contributed by atoms with van der Waals surface area (Å²) in [7, 11) is 0. The Morgan fingerprint density at radius 2 is 2.56 bits per heavy atom. The molecule has 0 saturated carbocycles. The molecule has 0 bridgehead atoms. The number of ether oxygens (including phenoxy) is 2. The van der Waals surface area contributed by atoms with E-state index in [-0.39, 0.29) is 6.10 Å². The van der Waals surface area contributed by atoms with E-state index in [0.29, 0.717) is 5.95 Å². The first-order valence-electron chi connectivity index (χ1n) is 3.32. The molecule has 1 heterocycles. The summed E-state index contributed by atoms with van der Waals surface area (Å²) < 4.78 is 10.4. The fourth-order valence-electron chi connectivity index (χ4n) is 0.760. The van der Waals surface area contributed by atoms with E-state index in [1.807, 2.05) is 13.0 Å². The average molecular weight is 128 g/mol. The molecule has 0 radical (unpaired) electrons. The Morgan fingerprint density at radius 3 is 2.89 bits per heavy atom. The Morgan fingerprint density at radius 1 is 1.78 bits per heavy atom. The van der Waals surface area contributed by atoms with E-state index in [0.717, 1.165) is 13.0 Å². The molecule has 1 rings (SSSR count). The second-order valence-corrected chi connectivity index (χ2v) is 2.07. The van der Waals surface area contributed by atoms with Gasteiger partial charge < -0.3 is 9.47 Å². The van der Waals surface area contributed by atoms with Crippen molar-refractivity contribution in [2.24, 2.45) is 0 Å². The quantitative estimate of drug-likeness (QED) is 0.534. The zero-order chi connectivity index (χ0) is 6.69.